The number of amides is 1. The van der Waals surface area contributed by atoms with Crippen LogP contribution in [0.5, 0.6) is 0 Å². The molecule has 2 N–H and O–H groups in total. The Morgan fingerprint density at radius 3 is 2.54 bits per heavy atom. The van der Waals surface area contributed by atoms with E-state index in [-0.39, 0.29) is 5.91 Å². The van der Waals surface area contributed by atoms with Crippen molar-refractivity contribution in [1.82, 2.24) is 10.1 Å². The number of nitrogens with zero attached hydrogens (tertiary/aromatic N) is 3. The van der Waals surface area contributed by atoms with E-state index in [0.29, 0.717) is 23.0 Å². The number of anilines is 4. The van der Waals surface area contributed by atoms with E-state index in [0.717, 1.165) is 18.8 Å². The van der Waals surface area contributed by atoms with Crippen molar-refractivity contribution in [3.63, 3.8) is 0 Å². The maximum absolute atomic E-state index is 12.6. The Kier molecular flexibility index (Phi) is 5.23. The largest absolute Gasteiger partial charge is 0.372 e. The first kappa shape index (κ1) is 18.0. The number of hydrogen-bond donors (Lipinski definition) is 2. The molecule has 1 aromatic carbocycles. The van der Waals surface area contributed by atoms with Crippen LogP contribution in [0.15, 0.2) is 53.2 Å². The smallest absolute Gasteiger partial charge is 0.274 e. The summed E-state index contributed by atoms with van der Waals surface area (Å²) in [5, 5.41) is 9.89. The number of benzene rings is 1. The van der Waals surface area contributed by atoms with Gasteiger partial charge in [-0.05, 0) is 62.6 Å². The molecule has 0 aliphatic carbocycles. The highest BCUT2D eigenvalue weighted by molar-refractivity contribution is 6.03. The molecule has 0 radical (unpaired) electrons. The molecule has 7 nitrogen and oxygen atoms in total. The van der Waals surface area contributed by atoms with E-state index in [4.69, 9.17) is 4.52 Å². The molecule has 4 rings (SSSR count). The van der Waals surface area contributed by atoms with Crippen LogP contribution in [0.1, 0.15) is 35.5 Å². The summed E-state index contributed by atoms with van der Waals surface area (Å²) in [4.78, 5) is 19.1. The zero-order valence-electron chi connectivity index (χ0n) is 15.8. The molecule has 1 aliphatic heterocycles. The number of nitrogens with one attached hydrogen (secondary N) is 2. The van der Waals surface area contributed by atoms with Gasteiger partial charge in [-0.2, -0.15) is 0 Å². The van der Waals surface area contributed by atoms with Crippen LogP contribution >= 0.6 is 0 Å². The number of carbonyl (C=O) groups is 1. The first-order chi connectivity index (χ1) is 13.7. The standard InChI is InChI=1S/C21H23N5O2/c1-15-13-20(25-28-15)23-17-9-10-22-19(14-17)21(27)24-16-5-7-18(8-6-16)26-11-3-2-4-12-26/h5-10,13-14H,2-4,11-12H2,1H3,(H,24,27)(H,22,23,25). The monoisotopic (exact) mass is 377 g/mol. The average Bonchev–Trinajstić information content (AvgIpc) is 3.14. The summed E-state index contributed by atoms with van der Waals surface area (Å²) in [6, 6.07) is 13.2. The molecule has 0 unspecified atom stereocenters. The summed E-state index contributed by atoms with van der Waals surface area (Å²) < 4.78 is 5.04. The van der Waals surface area contributed by atoms with Gasteiger partial charge in [0.15, 0.2) is 5.82 Å². The molecule has 7 heteroatoms. The third-order valence-electron chi connectivity index (χ3n) is 4.74. The summed E-state index contributed by atoms with van der Waals surface area (Å²) in [6.45, 7) is 4.01. The van der Waals surface area contributed by atoms with Crippen LogP contribution < -0.4 is 15.5 Å². The first-order valence-corrected chi connectivity index (χ1v) is 9.50. The maximum atomic E-state index is 12.6. The van der Waals surface area contributed by atoms with E-state index in [1.54, 1.807) is 24.4 Å². The molecular formula is C21H23N5O2. The number of aromatic nitrogens is 2. The highest BCUT2D eigenvalue weighted by Gasteiger charge is 2.12. The fraction of sp³-hybridized carbons (Fsp3) is 0.286. The van der Waals surface area contributed by atoms with Crippen molar-refractivity contribution in [2.75, 3.05) is 28.6 Å². The molecule has 28 heavy (non-hydrogen) atoms. The number of carbonyl (C=O) groups excluding carboxylic acids is 1. The Hall–Kier alpha value is -3.35. The molecule has 0 saturated carbocycles. The van der Waals surface area contributed by atoms with Crippen LogP contribution in [0.25, 0.3) is 0 Å². The molecule has 3 heterocycles. The van der Waals surface area contributed by atoms with E-state index >= 15 is 0 Å². The van der Waals surface area contributed by atoms with E-state index in [2.05, 4.69) is 37.8 Å². The van der Waals surface area contributed by atoms with Crippen molar-refractivity contribution in [3.8, 4) is 0 Å². The van der Waals surface area contributed by atoms with Crippen LogP contribution in [0, 0.1) is 6.92 Å². The molecule has 0 atom stereocenters. The summed E-state index contributed by atoms with van der Waals surface area (Å²) in [5.41, 5.74) is 2.99. The van der Waals surface area contributed by atoms with Gasteiger partial charge in [0.05, 0.1) is 0 Å². The predicted octanol–water partition coefficient (Wildman–Crippen LogP) is 4.36. The number of aryl methyl sites for hydroxylation is 1. The maximum Gasteiger partial charge on any atom is 0.274 e. The van der Waals surface area contributed by atoms with Crippen LogP contribution in [0.4, 0.5) is 22.9 Å². The van der Waals surface area contributed by atoms with Crippen LogP contribution in [-0.2, 0) is 0 Å². The third kappa shape index (κ3) is 4.31. The number of piperidine rings is 1. The summed E-state index contributed by atoms with van der Waals surface area (Å²) in [7, 11) is 0. The second-order valence-electron chi connectivity index (χ2n) is 6.93. The van der Waals surface area contributed by atoms with E-state index in [1.165, 1.54) is 24.9 Å². The summed E-state index contributed by atoms with van der Waals surface area (Å²) in [6.07, 6.45) is 5.37. The average molecular weight is 377 g/mol. The van der Waals surface area contributed by atoms with Crippen LogP contribution in [0.2, 0.25) is 0 Å². The number of pyridine rings is 1. The molecule has 3 aromatic rings. The predicted molar refractivity (Wildman–Crippen MR) is 109 cm³/mol. The summed E-state index contributed by atoms with van der Waals surface area (Å²) >= 11 is 0. The van der Waals surface area contributed by atoms with E-state index in [9.17, 15) is 4.79 Å². The van der Waals surface area contributed by atoms with Crippen molar-refractivity contribution in [2.45, 2.75) is 26.2 Å². The topological polar surface area (TPSA) is 83.3 Å². The van der Waals surface area contributed by atoms with Crippen molar-refractivity contribution in [3.05, 3.63) is 60.1 Å². The van der Waals surface area contributed by atoms with Gasteiger partial charge < -0.3 is 20.1 Å². The third-order valence-corrected chi connectivity index (χ3v) is 4.74. The van der Waals surface area contributed by atoms with Gasteiger partial charge >= 0.3 is 0 Å². The highest BCUT2D eigenvalue weighted by atomic mass is 16.5. The zero-order valence-corrected chi connectivity index (χ0v) is 15.8. The number of rotatable bonds is 5. The lowest BCUT2D eigenvalue weighted by Crippen LogP contribution is -2.29. The molecule has 1 fully saturated rings. The van der Waals surface area contributed by atoms with Crippen LogP contribution in [-0.4, -0.2) is 29.1 Å². The van der Waals surface area contributed by atoms with Crippen molar-refractivity contribution in [2.24, 2.45) is 0 Å². The van der Waals surface area contributed by atoms with Crippen molar-refractivity contribution < 1.29 is 9.32 Å². The molecular weight excluding hydrogens is 354 g/mol. The van der Waals surface area contributed by atoms with Crippen LogP contribution in [0.3, 0.4) is 0 Å². The lowest BCUT2D eigenvalue weighted by atomic mass is 10.1. The van der Waals surface area contributed by atoms with Gasteiger partial charge in [-0.25, -0.2) is 0 Å². The molecule has 0 spiro atoms. The molecule has 2 aromatic heterocycles. The lowest BCUT2D eigenvalue weighted by Gasteiger charge is -2.28. The zero-order chi connectivity index (χ0) is 19.3. The lowest BCUT2D eigenvalue weighted by molar-refractivity contribution is 0.102. The minimum Gasteiger partial charge on any atom is -0.372 e. The second-order valence-corrected chi connectivity index (χ2v) is 6.93. The van der Waals surface area contributed by atoms with Gasteiger partial charge in [0.2, 0.25) is 0 Å². The van der Waals surface area contributed by atoms with Crippen molar-refractivity contribution in [1.29, 1.82) is 0 Å². The fourth-order valence-electron chi connectivity index (χ4n) is 3.31. The van der Waals surface area contributed by atoms with Crippen molar-refractivity contribution >= 4 is 28.8 Å². The summed E-state index contributed by atoms with van der Waals surface area (Å²) in [5.74, 6) is 1.04. The Balaban J connectivity index is 1.41. The van der Waals surface area contributed by atoms with Gasteiger partial charge in [-0.15, -0.1) is 0 Å². The Morgan fingerprint density at radius 2 is 1.82 bits per heavy atom. The van der Waals surface area contributed by atoms with Gasteiger partial charge in [-0.1, -0.05) is 5.16 Å². The minimum atomic E-state index is -0.259. The Bertz CT molecular complexity index is 945. The molecule has 144 valence electrons. The van der Waals surface area contributed by atoms with Gasteiger partial charge in [0.1, 0.15) is 11.5 Å². The molecule has 1 saturated heterocycles. The normalized spacial score (nSPS) is 14.0. The second kappa shape index (κ2) is 8.12. The van der Waals surface area contributed by atoms with Gasteiger partial charge in [0.25, 0.3) is 5.91 Å². The highest BCUT2D eigenvalue weighted by Crippen LogP contribution is 2.22. The SMILES string of the molecule is Cc1cc(Nc2ccnc(C(=O)Nc3ccc(N4CCCCC4)cc3)c2)no1. The number of hydrogen-bond acceptors (Lipinski definition) is 6. The fourth-order valence-corrected chi connectivity index (χ4v) is 3.31. The Labute approximate surface area is 163 Å². The molecule has 1 aliphatic rings. The minimum absolute atomic E-state index is 0.259. The first-order valence-electron chi connectivity index (χ1n) is 9.50. The molecule has 1 amide bonds. The van der Waals surface area contributed by atoms with Gasteiger partial charge in [-0.3, -0.25) is 9.78 Å². The van der Waals surface area contributed by atoms with E-state index in [1.807, 2.05) is 19.1 Å². The molecule has 0 bridgehead atoms. The Morgan fingerprint density at radius 1 is 1.04 bits per heavy atom. The van der Waals surface area contributed by atoms with E-state index < -0.39 is 0 Å². The quantitative estimate of drug-likeness (QED) is 0.687. The van der Waals surface area contributed by atoms with Gasteiger partial charge in [0, 0.05) is 42.4 Å².